The molecule has 0 radical (unpaired) electrons. The topological polar surface area (TPSA) is 41.1 Å². The maximum Gasteiger partial charge on any atom is 0.237 e. The summed E-state index contributed by atoms with van der Waals surface area (Å²) in [6, 6.07) is 0.674. The first-order valence-corrected chi connectivity index (χ1v) is 8.73. The lowest BCUT2D eigenvalue weighted by atomic mass is 9.77. The van der Waals surface area contributed by atoms with E-state index in [0.29, 0.717) is 6.04 Å². The van der Waals surface area contributed by atoms with Crippen LogP contribution in [0.2, 0.25) is 0 Å². The fourth-order valence-electron chi connectivity index (χ4n) is 3.25. The minimum absolute atomic E-state index is 0.0682. The van der Waals surface area contributed by atoms with Gasteiger partial charge in [0.15, 0.2) is 0 Å². The summed E-state index contributed by atoms with van der Waals surface area (Å²) in [6.45, 7) is 0.825. The van der Waals surface area contributed by atoms with E-state index < -0.39 is 0 Å². The highest BCUT2D eigenvalue weighted by molar-refractivity contribution is 7.98. The van der Waals surface area contributed by atoms with Gasteiger partial charge in [-0.25, -0.2) is 0 Å². The van der Waals surface area contributed by atoms with Crippen LogP contribution in [0.3, 0.4) is 0 Å². The molecule has 3 atom stereocenters. The third-order valence-electron chi connectivity index (χ3n) is 4.29. The molecular formula is C14H26N2OS. The Bertz CT molecular complexity index is 273. The molecule has 0 aromatic carbocycles. The number of amides is 1. The molecule has 0 aromatic rings. The zero-order valence-corrected chi connectivity index (χ0v) is 12.2. The van der Waals surface area contributed by atoms with Gasteiger partial charge in [-0.15, -0.1) is 0 Å². The molecule has 104 valence electrons. The van der Waals surface area contributed by atoms with Crippen LogP contribution in [0.25, 0.3) is 0 Å². The van der Waals surface area contributed by atoms with E-state index in [-0.39, 0.29) is 11.9 Å². The standard InChI is InChI=1S/C14H26N2OS/c1-18-10-4-9-15-14(17)13-8-7-11-5-2-3-6-12(11)16-13/h11-13,16H,2-10H2,1H3,(H,15,17). The normalized spacial score (nSPS) is 31.7. The Balaban J connectivity index is 1.71. The van der Waals surface area contributed by atoms with Gasteiger partial charge in [-0.2, -0.15) is 11.8 Å². The van der Waals surface area contributed by atoms with Gasteiger partial charge in [0.25, 0.3) is 0 Å². The summed E-state index contributed by atoms with van der Waals surface area (Å²) >= 11 is 1.84. The van der Waals surface area contributed by atoms with Crippen molar-refractivity contribution in [2.45, 2.75) is 57.0 Å². The van der Waals surface area contributed by atoms with E-state index in [2.05, 4.69) is 16.9 Å². The predicted octanol–water partition coefficient (Wildman–Crippen LogP) is 2.17. The number of piperidine rings is 1. The van der Waals surface area contributed by atoms with Gasteiger partial charge in [-0.3, -0.25) is 4.79 Å². The van der Waals surface area contributed by atoms with Crippen LogP contribution in [0.15, 0.2) is 0 Å². The van der Waals surface area contributed by atoms with Crippen LogP contribution in [-0.2, 0) is 4.79 Å². The summed E-state index contributed by atoms with van der Waals surface area (Å²) in [4.78, 5) is 12.1. The minimum atomic E-state index is 0.0682. The second-order valence-corrected chi connectivity index (χ2v) is 6.57. The quantitative estimate of drug-likeness (QED) is 0.752. The van der Waals surface area contributed by atoms with Gasteiger partial charge in [0.2, 0.25) is 5.91 Å². The Kier molecular flexibility index (Phi) is 5.83. The van der Waals surface area contributed by atoms with Crippen LogP contribution in [-0.4, -0.2) is 36.5 Å². The van der Waals surface area contributed by atoms with E-state index in [1.54, 1.807) is 0 Å². The monoisotopic (exact) mass is 270 g/mol. The Morgan fingerprint density at radius 3 is 2.94 bits per heavy atom. The lowest BCUT2D eigenvalue weighted by Gasteiger charge is -2.39. The van der Waals surface area contributed by atoms with Gasteiger partial charge in [-0.05, 0) is 50.0 Å². The highest BCUT2D eigenvalue weighted by Crippen LogP contribution is 2.32. The van der Waals surface area contributed by atoms with E-state index in [4.69, 9.17) is 0 Å². The summed E-state index contributed by atoms with van der Waals surface area (Å²) in [7, 11) is 0. The molecule has 2 N–H and O–H groups in total. The Labute approximate surface area is 115 Å². The third-order valence-corrected chi connectivity index (χ3v) is 4.99. The summed E-state index contributed by atoms with van der Waals surface area (Å²) in [5.41, 5.74) is 0. The number of rotatable bonds is 5. The first kappa shape index (κ1) is 14.2. The highest BCUT2D eigenvalue weighted by Gasteiger charge is 2.34. The smallest absolute Gasteiger partial charge is 0.237 e. The fourth-order valence-corrected chi connectivity index (χ4v) is 3.69. The van der Waals surface area contributed by atoms with Crippen molar-refractivity contribution in [3.05, 3.63) is 0 Å². The minimum Gasteiger partial charge on any atom is -0.355 e. The first-order valence-electron chi connectivity index (χ1n) is 7.34. The van der Waals surface area contributed by atoms with Crippen molar-refractivity contribution in [3.8, 4) is 0 Å². The Hall–Kier alpha value is -0.220. The van der Waals surface area contributed by atoms with Crippen LogP contribution >= 0.6 is 11.8 Å². The average molecular weight is 270 g/mol. The number of carbonyl (C=O) groups excluding carboxylic acids is 1. The van der Waals surface area contributed by atoms with E-state index in [0.717, 1.165) is 31.1 Å². The van der Waals surface area contributed by atoms with Crippen molar-refractivity contribution < 1.29 is 4.79 Å². The molecule has 2 fully saturated rings. The number of thioether (sulfide) groups is 1. The zero-order chi connectivity index (χ0) is 12.8. The van der Waals surface area contributed by atoms with E-state index in [9.17, 15) is 4.79 Å². The number of hydrogen-bond donors (Lipinski definition) is 2. The Morgan fingerprint density at radius 1 is 1.28 bits per heavy atom. The van der Waals surface area contributed by atoms with Crippen molar-refractivity contribution >= 4 is 17.7 Å². The van der Waals surface area contributed by atoms with Crippen LogP contribution in [0.5, 0.6) is 0 Å². The predicted molar refractivity (Wildman–Crippen MR) is 77.9 cm³/mol. The first-order chi connectivity index (χ1) is 8.81. The average Bonchev–Trinajstić information content (AvgIpc) is 2.43. The zero-order valence-electron chi connectivity index (χ0n) is 11.4. The van der Waals surface area contributed by atoms with Crippen LogP contribution in [0.4, 0.5) is 0 Å². The Morgan fingerprint density at radius 2 is 2.11 bits per heavy atom. The van der Waals surface area contributed by atoms with Gasteiger partial charge in [0.1, 0.15) is 0 Å². The van der Waals surface area contributed by atoms with Crippen molar-refractivity contribution in [1.82, 2.24) is 10.6 Å². The molecule has 3 nitrogen and oxygen atoms in total. The van der Waals surface area contributed by atoms with Gasteiger partial charge >= 0.3 is 0 Å². The fraction of sp³-hybridized carbons (Fsp3) is 0.929. The van der Waals surface area contributed by atoms with Crippen LogP contribution in [0.1, 0.15) is 44.9 Å². The van der Waals surface area contributed by atoms with Crippen molar-refractivity contribution in [2.24, 2.45) is 5.92 Å². The SMILES string of the molecule is CSCCCNC(=O)C1CCC2CCCCC2N1. The molecule has 1 heterocycles. The molecular weight excluding hydrogens is 244 g/mol. The number of nitrogens with one attached hydrogen (secondary N) is 2. The molecule has 1 saturated heterocycles. The van der Waals surface area contributed by atoms with E-state index in [1.165, 1.54) is 32.1 Å². The molecule has 1 amide bonds. The molecule has 3 unspecified atom stereocenters. The molecule has 0 spiro atoms. The van der Waals surface area contributed by atoms with Crippen LogP contribution in [0, 0.1) is 5.92 Å². The highest BCUT2D eigenvalue weighted by atomic mass is 32.2. The van der Waals surface area contributed by atoms with Crippen molar-refractivity contribution in [3.63, 3.8) is 0 Å². The maximum atomic E-state index is 12.1. The van der Waals surface area contributed by atoms with Gasteiger partial charge in [0.05, 0.1) is 6.04 Å². The number of fused-ring (bicyclic) bond motifs is 1. The molecule has 0 bridgehead atoms. The molecule has 4 heteroatoms. The molecule has 2 aliphatic rings. The second kappa shape index (κ2) is 7.39. The molecule has 1 saturated carbocycles. The largest absolute Gasteiger partial charge is 0.355 e. The van der Waals surface area contributed by atoms with E-state index >= 15 is 0 Å². The van der Waals surface area contributed by atoms with Crippen molar-refractivity contribution in [1.29, 1.82) is 0 Å². The summed E-state index contributed by atoms with van der Waals surface area (Å²) in [5.74, 6) is 2.18. The second-order valence-electron chi connectivity index (χ2n) is 5.59. The number of hydrogen-bond acceptors (Lipinski definition) is 3. The number of carbonyl (C=O) groups is 1. The molecule has 1 aliphatic carbocycles. The summed E-state index contributed by atoms with van der Waals surface area (Å²) in [5, 5.41) is 6.65. The van der Waals surface area contributed by atoms with Crippen molar-refractivity contribution in [2.75, 3.05) is 18.6 Å². The molecule has 18 heavy (non-hydrogen) atoms. The third kappa shape index (κ3) is 3.89. The molecule has 1 aliphatic heterocycles. The summed E-state index contributed by atoms with van der Waals surface area (Å²) < 4.78 is 0. The summed E-state index contributed by atoms with van der Waals surface area (Å²) in [6.07, 6.45) is 10.8. The lowest BCUT2D eigenvalue weighted by Crippen LogP contribution is -2.55. The molecule has 2 rings (SSSR count). The van der Waals surface area contributed by atoms with Gasteiger partial charge in [0, 0.05) is 12.6 Å². The van der Waals surface area contributed by atoms with Gasteiger partial charge < -0.3 is 10.6 Å². The van der Waals surface area contributed by atoms with E-state index in [1.807, 2.05) is 11.8 Å². The lowest BCUT2D eigenvalue weighted by molar-refractivity contribution is -0.124. The van der Waals surface area contributed by atoms with Crippen LogP contribution < -0.4 is 10.6 Å². The maximum absolute atomic E-state index is 12.1. The van der Waals surface area contributed by atoms with Gasteiger partial charge in [-0.1, -0.05) is 12.8 Å². The molecule has 0 aromatic heterocycles.